The lowest BCUT2D eigenvalue weighted by Gasteiger charge is -2.28. The van der Waals surface area contributed by atoms with Crippen molar-refractivity contribution >= 4 is 23.6 Å². The number of carbonyl (C=O) groups excluding carboxylic acids is 4. The Morgan fingerprint density at radius 1 is 1.12 bits per heavy atom. The minimum absolute atomic E-state index is 0.0625. The van der Waals surface area contributed by atoms with Gasteiger partial charge in [-0.2, -0.15) is 0 Å². The molecule has 0 radical (unpaired) electrons. The van der Waals surface area contributed by atoms with E-state index in [4.69, 9.17) is 0 Å². The number of hydrogen-bond acceptors (Lipinski definition) is 5. The number of nitrogens with zero attached hydrogens (tertiary/aromatic N) is 1. The van der Waals surface area contributed by atoms with Crippen LogP contribution in [-0.2, 0) is 15.0 Å². The molecule has 0 aliphatic carbocycles. The van der Waals surface area contributed by atoms with Gasteiger partial charge >= 0.3 is 0 Å². The van der Waals surface area contributed by atoms with Gasteiger partial charge in [0.2, 0.25) is 11.8 Å². The fourth-order valence-corrected chi connectivity index (χ4v) is 3.31. The molecule has 0 spiro atoms. The summed E-state index contributed by atoms with van der Waals surface area (Å²) >= 11 is 0. The van der Waals surface area contributed by atoms with Crippen molar-refractivity contribution in [2.24, 2.45) is 0 Å². The molecule has 2 aliphatic rings. The molecule has 7 nitrogen and oxygen atoms in total. The molecule has 1 aromatic rings. The van der Waals surface area contributed by atoms with Crippen LogP contribution in [0, 0.1) is 0 Å². The van der Waals surface area contributed by atoms with E-state index in [0.29, 0.717) is 5.56 Å². The number of hydrogen-bond donors (Lipinski definition) is 2. The highest BCUT2D eigenvalue weighted by atomic mass is 16.3. The lowest BCUT2D eigenvalue weighted by atomic mass is 9.82. The Morgan fingerprint density at radius 2 is 1.79 bits per heavy atom. The van der Waals surface area contributed by atoms with E-state index in [1.165, 1.54) is 12.1 Å². The highest BCUT2D eigenvalue weighted by molar-refractivity contribution is 6.24. The van der Waals surface area contributed by atoms with E-state index in [2.05, 4.69) is 5.32 Å². The van der Waals surface area contributed by atoms with Gasteiger partial charge < -0.3 is 5.11 Å². The summed E-state index contributed by atoms with van der Waals surface area (Å²) in [6.07, 6.45) is 0.175. The number of phenolic OH excluding ortho intramolecular Hbond substituents is 1. The molecule has 24 heavy (non-hydrogen) atoms. The summed E-state index contributed by atoms with van der Waals surface area (Å²) in [7, 11) is 0. The number of carbonyl (C=O) groups is 4. The zero-order valence-electron chi connectivity index (χ0n) is 13.7. The van der Waals surface area contributed by atoms with E-state index >= 15 is 0 Å². The normalized spacial score (nSPS) is 21.1. The Hall–Kier alpha value is -2.70. The topological polar surface area (TPSA) is 104 Å². The first-order chi connectivity index (χ1) is 11.1. The summed E-state index contributed by atoms with van der Waals surface area (Å²) in [5.74, 6) is -2.31. The first kappa shape index (κ1) is 16.2. The van der Waals surface area contributed by atoms with Crippen molar-refractivity contribution in [1.29, 1.82) is 0 Å². The summed E-state index contributed by atoms with van der Waals surface area (Å²) in [4.78, 5) is 49.8. The molecule has 1 fully saturated rings. The molecule has 7 heteroatoms. The van der Waals surface area contributed by atoms with Crippen LogP contribution >= 0.6 is 0 Å². The molecule has 2 heterocycles. The first-order valence-electron chi connectivity index (χ1n) is 7.71. The Balaban J connectivity index is 2.10. The van der Waals surface area contributed by atoms with Gasteiger partial charge in [0.05, 0.1) is 11.1 Å². The number of imide groups is 2. The number of rotatable bonds is 1. The summed E-state index contributed by atoms with van der Waals surface area (Å²) < 4.78 is 0. The van der Waals surface area contributed by atoms with Crippen LogP contribution in [0.2, 0.25) is 0 Å². The molecular formula is C17H18N2O5. The highest BCUT2D eigenvalue weighted by Gasteiger charge is 2.47. The second kappa shape index (κ2) is 5.15. The fraction of sp³-hybridized carbons (Fsp3) is 0.412. The van der Waals surface area contributed by atoms with Crippen molar-refractivity contribution in [2.45, 2.75) is 45.1 Å². The summed E-state index contributed by atoms with van der Waals surface area (Å²) in [5.41, 5.74) is 0.129. The van der Waals surface area contributed by atoms with Crippen molar-refractivity contribution in [3.8, 4) is 5.75 Å². The molecule has 4 amide bonds. The number of amides is 4. The van der Waals surface area contributed by atoms with Crippen LogP contribution in [0.4, 0.5) is 0 Å². The van der Waals surface area contributed by atoms with Crippen molar-refractivity contribution < 1.29 is 24.3 Å². The standard InChI is InChI=1S/C17H18N2O5/c1-17(2,3)13-10(20)6-4-8-12(13)16(24)19(15(8)23)9-5-7-11(21)18-14(9)22/h4,6,9,20H,5,7H2,1-3H3,(H,18,21,22). The second-order valence-electron chi connectivity index (χ2n) is 7.08. The average Bonchev–Trinajstić information content (AvgIpc) is 2.70. The zero-order valence-corrected chi connectivity index (χ0v) is 13.7. The molecular weight excluding hydrogens is 312 g/mol. The van der Waals surface area contributed by atoms with Crippen LogP contribution in [0.1, 0.15) is 59.9 Å². The number of fused-ring (bicyclic) bond motifs is 1. The summed E-state index contributed by atoms with van der Waals surface area (Å²) in [6, 6.07) is 1.77. The van der Waals surface area contributed by atoms with Gasteiger partial charge in [-0.1, -0.05) is 20.8 Å². The van der Waals surface area contributed by atoms with E-state index in [-0.39, 0.29) is 29.7 Å². The Labute approximate surface area is 138 Å². The maximum absolute atomic E-state index is 12.9. The van der Waals surface area contributed by atoms with E-state index in [1.807, 2.05) is 20.8 Å². The van der Waals surface area contributed by atoms with Gasteiger partial charge in [-0.05, 0) is 24.0 Å². The average molecular weight is 330 g/mol. The smallest absolute Gasteiger partial charge is 0.262 e. The largest absolute Gasteiger partial charge is 0.508 e. The van der Waals surface area contributed by atoms with Crippen LogP contribution in [0.25, 0.3) is 0 Å². The Kier molecular flexibility index (Phi) is 3.47. The number of phenols is 1. The van der Waals surface area contributed by atoms with E-state index in [1.54, 1.807) is 0 Å². The molecule has 0 saturated carbocycles. The minimum Gasteiger partial charge on any atom is -0.508 e. The molecule has 126 valence electrons. The Morgan fingerprint density at radius 3 is 2.38 bits per heavy atom. The van der Waals surface area contributed by atoms with Gasteiger partial charge in [0.25, 0.3) is 11.8 Å². The van der Waals surface area contributed by atoms with Crippen LogP contribution in [0.3, 0.4) is 0 Å². The summed E-state index contributed by atoms with van der Waals surface area (Å²) in [6.45, 7) is 5.48. The van der Waals surface area contributed by atoms with Crippen LogP contribution in [0.5, 0.6) is 5.75 Å². The molecule has 1 saturated heterocycles. The van der Waals surface area contributed by atoms with Gasteiger partial charge in [-0.25, -0.2) is 0 Å². The molecule has 1 unspecified atom stereocenters. The summed E-state index contributed by atoms with van der Waals surface area (Å²) in [5, 5.41) is 12.3. The quantitative estimate of drug-likeness (QED) is 0.750. The number of piperidine rings is 1. The molecule has 2 N–H and O–H groups in total. The third kappa shape index (κ3) is 2.28. The maximum atomic E-state index is 12.9. The molecule has 0 aromatic heterocycles. The molecule has 0 bridgehead atoms. The predicted octanol–water partition coefficient (Wildman–Crippen LogP) is 1.09. The third-order valence-electron chi connectivity index (χ3n) is 4.34. The number of benzene rings is 1. The van der Waals surface area contributed by atoms with Crippen LogP contribution in [0.15, 0.2) is 12.1 Å². The predicted molar refractivity (Wildman–Crippen MR) is 83.5 cm³/mol. The fourth-order valence-electron chi connectivity index (χ4n) is 3.31. The molecule has 1 aromatic carbocycles. The molecule has 1 atom stereocenters. The number of nitrogens with one attached hydrogen (secondary N) is 1. The van der Waals surface area contributed by atoms with Crippen LogP contribution < -0.4 is 5.32 Å². The van der Waals surface area contributed by atoms with Gasteiger partial charge in [0, 0.05) is 12.0 Å². The van der Waals surface area contributed by atoms with Crippen molar-refractivity contribution in [2.75, 3.05) is 0 Å². The van der Waals surface area contributed by atoms with Gasteiger partial charge in [0.15, 0.2) is 0 Å². The van der Waals surface area contributed by atoms with Gasteiger partial charge in [-0.3, -0.25) is 29.4 Å². The van der Waals surface area contributed by atoms with Crippen molar-refractivity contribution in [1.82, 2.24) is 10.2 Å². The van der Waals surface area contributed by atoms with Crippen molar-refractivity contribution in [3.05, 3.63) is 28.8 Å². The van der Waals surface area contributed by atoms with E-state index in [0.717, 1.165) is 4.90 Å². The minimum atomic E-state index is -1.01. The van der Waals surface area contributed by atoms with E-state index in [9.17, 15) is 24.3 Å². The molecule has 2 aliphatic heterocycles. The SMILES string of the molecule is CC(C)(C)c1c(O)ccc2c1C(=O)N(C1CCC(=O)NC1=O)C2=O. The monoisotopic (exact) mass is 330 g/mol. The maximum Gasteiger partial charge on any atom is 0.262 e. The van der Waals surface area contributed by atoms with Gasteiger partial charge in [-0.15, -0.1) is 0 Å². The Bertz CT molecular complexity index is 791. The van der Waals surface area contributed by atoms with Gasteiger partial charge in [0.1, 0.15) is 11.8 Å². The lowest BCUT2D eigenvalue weighted by Crippen LogP contribution is -2.54. The first-order valence-corrected chi connectivity index (χ1v) is 7.71. The second-order valence-corrected chi connectivity index (χ2v) is 7.08. The number of aromatic hydroxyl groups is 1. The van der Waals surface area contributed by atoms with Crippen molar-refractivity contribution in [3.63, 3.8) is 0 Å². The highest BCUT2D eigenvalue weighted by Crippen LogP contribution is 2.40. The van der Waals surface area contributed by atoms with E-state index < -0.39 is 35.1 Å². The molecule has 3 rings (SSSR count). The van der Waals surface area contributed by atoms with Crippen LogP contribution in [-0.4, -0.2) is 39.7 Å². The lowest BCUT2D eigenvalue weighted by molar-refractivity contribution is -0.136. The third-order valence-corrected chi connectivity index (χ3v) is 4.34. The zero-order chi connectivity index (χ0) is 17.8.